The maximum absolute atomic E-state index is 14.0. The first-order chi connectivity index (χ1) is 19.3. The molecule has 7 aromatic carbocycles. The van der Waals surface area contributed by atoms with Crippen molar-refractivity contribution < 1.29 is 4.79 Å². The minimum atomic E-state index is -0.475. The molecule has 0 bridgehead atoms. The highest BCUT2D eigenvalue weighted by Crippen LogP contribution is 2.63. The van der Waals surface area contributed by atoms with Gasteiger partial charge in [0.15, 0.2) is 5.78 Å². The van der Waals surface area contributed by atoms with Crippen LogP contribution in [0.1, 0.15) is 38.2 Å². The molecule has 0 saturated heterocycles. The summed E-state index contributed by atoms with van der Waals surface area (Å²) in [7, 11) is 0. The van der Waals surface area contributed by atoms with E-state index in [0.29, 0.717) is 5.56 Å². The number of benzene rings is 7. The van der Waals surface area contributed by atoms with Crippen LogP contribution < -0.4 is 0 Å². The Kier molecular flexibility index (Phi) is 3.93. The number of hydrogen-bond acceptors (Lipinski definition) is 1. The van der Waals surface area contributed by atoms with Gasteiger partial charge < -0.3 is 0 Å². The summed E-state index contributed by atoms with van der Waals surface area (Å²) in [5.74, 6) is 0.0589. The first kappa shape index (κ1) is 21.0. The number of carbonyl (C=O) groups excluding carboxylic acids is 1. The third-order valence-electron chi connectivity index (χ3n) is 9.02. The average Bonchev–Trinajstić information content (AvgIpc) is 3.48. The Morgan fingerprint density at radius 2 is 0.949 bits per heavy atom. The molecule has 39 heavy (non-hydrogen) atoms. The van der Waals surface area contributed by atoms with E-state index in [1.807, 2.05) is 30.3 Å². The molecule has 1 heteroatoms. The van der Waals surface area contributed by atoms with Gasteiger partial charge in [0.25, 0.3) is 0 Å². The highest BCUT2D eigenvalue weighted by atomic mass is 16.1. The van der Waals surface area contributed by atoms with Crippen molar-refractivity contribution in [2.45, 2.75) is 5.41 Å². The zero-order valence-corrected chi connectivity index (χ0v) is 21.1. The molecule has 1 spiro atoms. The zero-order chi connectivity index (χ0) is 25.7. The van der Waals surface area contributed by atoms with Gasteiger partial charge in [-0.3, -0.25) is 4.79 Å². The van der Waals surface area contributed by atoms with Crippen molar-refractivity contribution in [1.82, 2.24) is 0 Å². The molecule has 0 atom stereocenters. The second kappa shape index (κ2) is 7.30. The van der Waals surface area contributed by atoms with Crippen molar-refractivity contribution in [2.75, 3.05) is 0 Å². The van der Waals surface area contributed by atoms with E-state index in [1.54, 1.807) is 0 Å². The van der Waals surface area contributed by atoms with Crippen molar-refractivity contribution in [1.29, 1.82) is 0 Å². The Balaban J connectivity index is 1.53. The molecule has 0 N–H and O–H groups in total. The second-order valence-corrected chi connectivity index (χ2v) is 10.8. The van der Waals surface area contributed by atoms with Gasteiger partial charge in [-0.1, -0.05) is 121 Å². The van der Waals surface area contributed by atoms with Gasteiger partial charge in [0.1, 0.15) is 0 Å². The minimum absolute atomic E-state index is 0.0589. The van der Waals surface area contributed by atoms with E-state index >= 15 is 0 Å². The van der Waals surface area contributed by atoms with Crippen LogP contribution in [0, 0.1) is 0 Å². The molecule has 2 aliphatic rings. The Bertz CT molecular complexity index is 2140. The maximum atomic E-state index is 14.0. The van der Waals surface area contributed by atoms with Crippen LogP contribution in [0.4, 0.5) is 0 Å². The van der Waals surface area contributed by atoms with Crippen LogP contribution in [0.3, 0.4) is 0 Å². The van der Waals surface area contributed by atoms with Crippen LogP contribution in [0.15, 0.2) is 133 Å². The Morgan fingerprint density at radius 1 is 0.410 bits per heavy atom. The van der Waals surface area contributed by atoms with E-state index in [-0.39, 0.29) is 5.78 Å². The highest BCUT2D eigenvalue weighted by Gasteiger charge is 2.51. The lowest BCUT2D eigenvalue weighted by molar-refractivity contribution is 0.103. The van der Waals surface area contributed by atoms with Gasteiger partial charge in [-0.25, -0.2) is 0 Å². The normalized spacial score (nSPS) is 13.9. The fraction of sp³-hybridized carbons (Fsp3) is 0.0263. The Morgan fingerprint density at radius 3 is 1.67 bits per heavy atom. The molecule has 0 amide bonds. The lowest BCUT2D eigenvalue weighted by Gasteiger charge is -2.31. The predicted molar refractivity (Wildman–Crippen MR) is 160 cm³/mol. The summed E-state index contributed by atoms with van der Waals surface area (Å²) < 4.78 is 0. The van der Waals surface area contributed by atoms with E-state index in [0.717, 1.165) is 10.9 Å². The van der Waals surface area contributed by atoms with Crippen molar-refractivity contribution in [3.8, 4) is 11.1 Å². The first-order valence-electron chi connectivity index (χ1n) is 13.5. The number of rotatable bonds is 2. The quantitative estimate of drug-likeness (QED) is 0.173. The molecule has 180 valence electrons. The Labute approximate surface area is 226 Å². The van der Waals surface area contributed by atoms with Crippen LogP contribution in [0.25, 0.3) is 43.4 Å². The van der Waals surface area contributed by atoms with Gasteiger partial charge in [-0.15, -0.1) is 0 Å². The van der Waals surface area contributed by atoms with Crippen molar-refractivity contribution in [3.05, 3.63) is 167 Å². The van der Waals surface area contributed by atoms with E-state index in [4.69, 9.17) is 0 Å². The lowest BCUT2D eigenvalue weighted by atomic mass is 9.70. The highest BCUT2D eigenvalue weighted by molar-refractivity contribution is 6.31. The molecule has 7 aromatic rings. The van der Waals surface area contributed by atoms with Crippen molar-refractivity contribution in [3.63, 3.8) is 0 Å². The summed E-state index contributed by atoms with van der Waals surface area (Å²) in [5.41, 5.74) is 8.65. The van der Waals surface area contributed by atoms with Crippen LogP contribution >= 0.6 is 0 Å². The van der Waals surface area contributed by atoms with Crippen LogP contribution in [-0.2, 0) is 5.41 Å². The number of ketones is 1. The van der Waals surface area contributed by atoms with E-state index < -0.39 is 5.41 Å². The summed E-state index contributed by atoms with van der Waals surface area (Å²) in [6.07, 6.45) is 0. The molecule has 9 rings (SSSR count). The predicted octanol–water partition coefficient (Wildman–Crippen LogP) is 9.05. The number of fused-ring (bicyclic) bond motifs is 10. The third kappa shape index (κ3) is 2.44. The van der Waals surface area contributed by atoms with E-state index in [9.17, 15) is 4.79 Å². The minimum Gasteiger partial charge on any atom is -0.289 e. The molecular weight excluding hydrogens is 472 g/mol. The van der Waals surface area contributed by atoms with Gasteiger partial charge in [-0.2, -0.15) is 0 Å². The Hall–Kier alpha value is -5.01. The third-order valence-corrected chi connectivity index (χ3v) is 9.02. The summed E-state index contributed by atoms with van der Waals surface area (Å²) in [5, 5.41) is 7.44. The molecule has 0 unspecified atom stereocenters. The molecule has 0 saturated carbocycles. The average molecular weight is 495 g/mol. The standard InChI is InChI=1S/C38H22O/c39-37(23-11-2-1-3-12-23)24-21-30-26-14-5-4-13-25(26)29-17-10-20-33-35(29)36(30)34(22-24)38(33)31-18-8-6-15-27(31)28-16-7-9-19-32(28)38/h1-22H. The van der Waals surface area contributed by atoms with Gasteiger partial charge >= 0.3 is 0 Å². The molecular formula is C38H22O. The monoisotopic (exact) mass is 494 g/mol. The molecule has 0 heterocycles. The summed E-state index contributed by atoms with van der Waals surface area (Å²) in [6, 6.07) is 47.1. The summed E-state index contributed by atoms with van der Waals surface area (Å²) >= 11 is 0. The maximum Gasteiger partial charge on any atom is 0.193 e. The molecule has 0 radical (unpaired) electrons. The number of hydrogen-bond donors (Lipinski definition) is 0. The smallest absolute Gasteiger partial charge is 0.193 e. The zero-order valence-electron chi connectivity index (χ0n) is 21.1. The molecule has 0 aliphatic heterocycles. The fourth-order valence-corrected chi connectivity index (χ4v) is 7.58. The van der Waals surface area contributed by atoms with Gasteiger partial charge in [0, 0.05) is 11.1 Å². The SMILES string of the molecule is O=C(c1ccccc1)c1cc2c3c(c1)c1ccccc1c1cccc(c13)C21c2ccccc2-c2ccccc21. The van der Waals surface area contributed by atoms with Crippen LogP contribution in [0.2, 0.25) is 0 Å². The van der Waals surface area contributed by atoms with E-state index in [1.165, 1.54) is 60.3 Å². The molecule has 2 aliphatic carbocycles. The van der Waals surface area contributed by atoms with Gasteiger partial charge in [0.05, 0.1) is 5.41 Å². The molecule has 1 nitrogen and oxygen atoms in total. The topological polar surface area (TPSA) is 17.1 Å². The summed E-state index contributed by atoms with van der Waals surface area (Å²) in [4.78, 5) is 14.0. The first-order valence-corrected chi connectivity index (χ1v) is 13.5. The number of carbonyl (C=O) groups is 1. The fourth-order valence-electron chi connectivity index (χ4n) is 7.58. The van der Waals surface area contributed by atoms with Crippen molar-refractivity contribution in [2.24, 2.45) is 0 Å². The second-order valence-electron chi connectivity index (χ2n) is 10.8. The van der Waals surface area contributed by atoms with Crippen LogP contribution in [0.5, 0.6) is 0 Å². The van der Waals surface area contributed by atoms with Crippen LogP contribution in [-0.4, -0.2) is 5.78 Å². The molecule has 0 fully saturated rings. The summed E-state index contributed by atoms with van der Waals surface area (Å²) in [6.45, 7) is 0. The molecule has 0 aromatic heterocycles. The van der Waals surface area contributed by atoms with E-state index in [2.05, 4.69) is 103 Å². The van der Waals surface area contributed by atoms with Gasteiger partial charge in [0.2, 0.25) is 0 Å². The lowest BCUT2D eigenvalue weighted by Crippen LogP contribution is -2.26. The van der Waals surface area contributed by atoms with Crippen molar-refractivity contribution >= 4 is 38.1 Å². The largest absolute Gasteiger partial charge is 0.289 e. The van der Waals surface area contributed by atoms with Gasteiger partial charge in [-0.05, 0) is 77.8 Å².